The minimum absolute atomic E-state index is 0.213. The van der Waals surface area contributed by atoms with E-state index in [-0.39, 0.29) is 17.6 Å². The first-order chi connectivity index (χ1) is 12.7. The molecule has 0 saturated heterocycles. The minimum Gasteiger partial charge on any atom is -0.378 e. The lowest BCUT2D eigenvalue weighted by molar-refractivity contribution is -0.133. The standard InChI is InChI=1S/C19H16F2N4O2/c1-11-5-13(4-3-12(11)8-22)24-18(26)19(2,27)9-25-10-23-16-6-14(20)15(21)7-17(16)25/h3-7,10,27H,9H2,1-2H3,(H,24,26)/t19-/m0/s1. The van der Waals surface area contributed by atoms with Gasteiger partial charge in [0.2, 0.25) is 0 Å². The highest BCUT2D eigenvalue weighted by Gasteiger charge is 2.31. The number of nitrogens with zero attached hydrogens (tertiary/aromatic N) is 3. The van der Waals surface area contributed by atoms with Crippen molar-refractivity contribution >= 4 is 22.6 Å². The van der Waals surface area contributed by atoms with Gasteiger partial charge in [-0.3, -0.25) is 4.79 Å². The number of amides is 1. The Morgan fingerprint density at radius 1 is 1.33 bits per heavy atom. The molecule has 1 heterocycles. The van der Waals surface area contributed by atoms with Crippen LogP contribution in [0.3, 0.4) is 0 Å². The molecule has 1 aromatic heterocycles. The first kappa shape index (κ1) is 18.5. The largest absolute Gasteiger partial charge is 0.378 e. The van der Waals surface area contributed by atoms with Crippen molar-refractivity contribution in [2.45, 2.75) is 26.0 Å². The van der Waals surface area contributed by atoms with Gasteiger partial charge in [0.05, 0.1) is 35.5 Å². The van der Waals surface area contributed by atoms with Crippen LogP contribution in [0.15, 0.2) is 36.7 Å². The van der Waals surface area contributed by atoms with E-state index < -0.39 is 23.1 Å². The number of fused-ring (bicyclic) bond motifs is 1. The van der Waals surface area contributed by atoms with Crippen molar-refractivity contribution < 1.29 is 18.7 Å². The van der Waals surface area contributed by atoms with Crippen LogP contribution in [0.1, 0.15) is 18.1 Å². The predicted octanol–water partition coefficient (Wildman–Crippen LogP) is 2.88. The number of benzene rings is 2. The lowest BCUT2D eigenvalue weighted by atomic mass is 10.0. The Hall–Kier alpha value is -3.31. The van der Waals surface area contributed by atoms with Crippen molar-refractivity contribution in [1.29, 1.82) is 5.26 Å². The summed E-state index contributed by atoms with van der Waals surface area (Å²) >= 11 is 0. The second-order valence-electron chi connectivity index (χ2n) is 6.50. The summed E-state index contributed by atoms with van der Waals surface area (Å²) in [7, 11) is 0. The van der Waals surface area contributed by atoms with Crippen LogP contribution in [0.5, 0.6) is 0 Å². The van der Waals surface area contributed by atoms with Gasteiger partial charge in [-0.2, -0.15) is 5.26 Å². The Morgan fingerprint density at radius 3 is 2.70 bits per heavy atom. The first-order valence-electron chi connectivity index (χ1n) is 8.06. The van der Waals surface area contributed by atoms with Gasteiger partial charge in [0.25, 0.3) is 5.91 Å². The molecule has 0 aliphatic rings. The van der Waals surface area contributed by atoms with Crippen molar-refractivity contribution in [3.05, 3.63) is 59.4 Å². The van der Waals surface area contributed by atoms with Gasteiger partial charge in [-0.15, -0.1) is 0 Å². The maximum absolute atomic E-state index is 13.5. The van der Waals surface area contributed by atoms with Crippen LogP contribution in [-0.2, 0) is 11.3 Å². The van der Waals surface area contributed by atoms with Crippen molar-refractivity contribution in [1.82, 2.24) is 9.55 Å². The van der Waals surface area contributed by atoms with Crippen LogP contribution in [0.2, 0.25) is 0 Å². The number of rotatable bonds is 4. The van der Waals surface area contributed by atoms with E-state index in [0.29, 0.717) is 16.8 Å². The molecule has 0 unspecified atom stereocenters. The van der Waals surface area contributed by atoms with Crippen molar-refractivity contribution in [3.63, 3.8) is 0 Å². The van der Waals surface area contributed by atoms with Gasteiger partial charge in [-0.1, -0.05) is 0 Å². The number of nitriles is 1. The molecule has 3 rings (SSSR count). The second kappa shape index (κ2) is 6.78. The van der Waals surface area contributed by atoms with Gasteiger partial charge in [0, 0.05) is 17.8 Å². The van der Waals surface area contributed by atoms with Crippen LogP contribution in [0, 0.1) is 29.9 Å². The number of halogens is 2. The van der Waals surface area contributed by atoms with E-state index in [9.17, 15) is 18.7 Å². The van der Waals surface area contributed by atoms with Gasteiger partial charge in [-0.05, 0) is 37.6 Å². The molecule has 0 radical (unpaired) electrons. The Balaban J connectivity index is 1.82. The predicted molar refractivity (Wildman–Crippen MR) is 94.8 cm³/mol. The molecular formula is C19H16F2N4O2. The fourth-order valence-electron chi connectivity index (χ4n) is 2.72. The van der Waals surface area contributed by atoms with E-state index in [1.807, 2.05) is 6.07 Å². The topological polar surface area (TPSA) is 90.9 Å². The highest BCUT2D eigenvalue weighted by molar-refractivity contribution is 5.97. The summed E-state index contributed by atoms with van der Waals surface area (Å²) < 4.78 is 28.2. The molecule has 27 heavy (non-hydrogen) atoms. The SMILES string of the molecule is Cc1cc(NC(=O)[C@@](C)(O)Cn2cnc3cc(F)c(F)cc32)ccc1C#N. The van der Waals surface area contributed by atoms with Crippen molar-refractivity contribution in [2.75, 3.05) is 5.32 Å². The number of anilines is 1. The van der Waals surface area contributed by atoms with Crippen LogP contribution < -0.4 is 5.32 Å². The zero-order valence-electron chi connectivity index (χ0n) is 14.6. The number of nitrogens with one attached hydrogen (secondary N) is 1. The van der Waals surface area contributed by atoms with Crippen LogP contribution >= 0.6 is 0 Å². The Labute approximate surface area is 153 Å². The highest BCUT2D eigenvalue weighted by atomic mass is 19.2. The van der Waals surface area contributed by atoms with Gasteiger partial charge in [0.1, 0.15) is 0 Å². The molecule has 2 N–H and O–H groups in total. The molecule has 0 fully saturated rings. The zero-order chi connectivity index (χ0) is 19.8. The molecule has 138 valence electrons. The molecule has 0 spiro atoms. The summed E-state index contributed by atoms with van der Waals surface area (Å²) in [6.07, 6.45) is 1.30. The van der Waals surface area contributed by atoms with Gasteiger partial charge < -0.3 is 15.0 Å². The maximum atomic E-state index is 13.5. The summed E-state index contributed by atoms with van der Waals surface area (Å²) in [6.45, 7) is 2.83. The van der Waals surface area contributed by atoms with Crippen LogP contribution in [-0.4, -0.2) is 26.2 Å². The molecule has 3 aromatic rings. The molecule has 0 aliphatic heterocycles. The number of aryl methyl sites for hydroxylation is 1. The molecule has 0 saturated carbocycles. The van der Waals surface area contributed by atoms with Gasteiger partial charge in [0.15, 0.2) is 17.2 Å². The summed E-state index contributed by atoms with van der Waals surface area (Å²) in [4.78, 5) is 16.5. The van der Waals surface area contributed by atoms with Gasteiger partial charge >= 0.3 is 0 Å². The normalized spacial score (nSPS) is 13.2. The van der Waals surface area contributed by atoms with E-state index in [1.165, 1.54) is 17.8 Å². The summed E-state index contributed by atoms with van der Waals surface area (Å²) in [5, 5.41) is 22.1. The number of carbonyl (C=O) groups is 1. The number of hydrogen-bond donors (Lipinski definition) is 2. The quantitative estimate of drug-likeness (QED) is 0.739. The first-order valence-corrected chi connectivity index (χ1v) is 8.06. The van der Waals surface area contributed by atoms with E-state index in [4.69, 9.17) is 5.26 Å². The monoisotopic (exact) mass is 370 g/mol. The molecular weight excluding hydrogens is 354 g/mol. The number of aliphatic hydroxyl groups is 1. The van der Waals surface area contributed by atoms with Crippen LogP contribution in [0.4, 0.5) is 14.5 Å². The summed E-state index contributed by atoms with van der Waals surface area (Å²) in [5.74, 6) is -2.74. The second-order valence-corrected chi connectivity index (χ2v) is 6.50. The zero-order valence-corrected chi connectivity index (χ0v) is 14.6. The maximum Gasteiger partial charge on any atom is 0.257 e. The minimum atomic E-state index is -1.85. The fourth-order valence-corrected chi connectivity index (χ4v) is 2.72. The van der Waals surface area contributed by atoms with E-state index >= 15 is 0 Å². The van der Waals surface area contributed by atoms with Gasteiger partial charge in [-0.25, -0.2) is 13.8 Å². The molecule has 0 bridgehead atoms. The fraction of sp³-hybridized carbons (Fsp3) is 0.211. The molecule has 1 amide bonds. The van der Waals surface area contributed by atoms with Crippen molar-refractivity contribution in [3.8, 4) is 6.07 Å². The lowest BCUT2D eigenvalue weighted by Gasteiger charge is -2.23. The number of carbonyl (C=O) groups excluding carboxylic acids is 1. The molecule has 1 atom stereocenters. The summed E-state index contributed by atoms with van der Waals surface area (Å²) in [5.41, 5.74) is 0.233. The summed E-state index contributed by atoms with van der Waals surface area (Å²) in [6, 6.07) is 8.71. The molecule has 0 aliphatic carbocycles. The van der Waals surface area contributed by atoms with Crippen molar-refractivity contribution in [2.24, 2.45) is 0 Å². The smallest absolute Gasteiger partial charge is 0.257 e. The highest BCUT2D eigenvalue weighted by Crippen LogP contribution is 2.21. The van der Waals surface area contributed by atoms with Crippen LogP contribution in [0.25, 0.3) is 11.0 Å². The third-order valence-corrected chi connectivity index (χ3v) is 4.24. The number of hydrogen-bond acceptors (Lipinski definition) is 4. The lowest BCUT2D eigenvalue weighted by Crippen LogP contribution is -2.43. The Bertz CT molecular complexity index is 1080. The molecule has 8 heteroatoms. The average Bonchev–Trinajstić information content (AvgIpc) is 2.96. The third-order valence-electron chi connectivity index (χ3n) is 4.24. The van der Waals surface area contributed by atoms with E-state index in [0.717, 1.165) is 12.1 Å². The third kappa shape index (κ3) is 3.64. The number of aromatic nitrogens is 2. The van der Waals surface area contributed by atoms with E-state index in [2.05, 4.69) is 10.3 Å². The Morgan fingerprint density at radius 2 is 2.04 bits per heavy atom. The molecule has 6 nitrogen and oxygen atoms in total. The van der Waals surface area contributed by atoms with E-state index in [1.54, 1.807) is 25.1 Å². The average molecular weight is 370 g/mol. The number of imidazole rings is 1. The molecule has 2 aromatic carbocycles. The Kier molecular flexibility index (Phi) is 4.64.